The average Bonchev–Trinajstić information content (AvgIpc) is 3.04. The van der Waals surface area contributed by atoms with E-state index in [2.05, 4.69) is 5.32 Å². The van der Waals surface area contributed by atoms with Crippen molar-refractivity contribution in [3.63, 3.8) is 0 Å². The Hall–Kier alpha value is -2.61. The van der Waals surface area contributed by atoms with E-state index in [1.54, 1.807) is 21.2 Å². The van der Waals surface area contributed by atoms with Crippen LogP contribution in [0.2, 0.25) is 0 Å². The van der Waals surface area contributed by atoms with Gasteiger partial charge in [-0.25, -0.2) is 9.59 Å². The molecule has 1 saturated heterocycles. The Morgan fingerprint density at radius 1 is 1.31 bits per heavy atom. The molecule has 2 unspecified atom stereocenters. The molecule has 178 valence electrons. The number of nitrogens with one attached hydrogen (secondary N) is 1. The highest BCUT2D eigenvalue weighted by molar-refractivity contribution is 5.98. The molecule has 8 heteroatoms. The fourth-order valence-electron chi connectivity index (χ4n) is 3.77. The minimum absolute atomic E-state index is 0.159. The van der Waals surface area contributed by atoms with E-state index < -0.39 is 17.2 Å². The van der Waals surface area contributed by atoms with Crippen LogP contribution in [0.1, 0.15) is 53.9 Å². The molecule has 0 bridgehead atoms. The summed E-state index contributed by atoms with van der Waals surface area (Å²) < 4.78 is 16.5. The van der Waals surface area contributed by atoms with Crippen molar-refractivity contribution in [1.29, 1.82) is 0 Å². The summed E-state index contributed by atoms with van der Waals surface area (Å²) in [5, 5.41) is 2.90. The maximum Gasteiger partial charge on any atom is 0.340 e. The van der Waals surface area contributed by atoms with Crippen LogP contribution >= 0.6 is 0 Å². The minimum atomic E-state index is -0.746. The van der Waals surface area contributed by atoms with Gasteiger partial charge in [0.1, 0.15) is 12.2 Å². The number of esters is 2. The predicted octanol–water partition coefficient (Wildman–Crippen LogP) is 3.49. The van der Waals surface area contributed by atoms with Crippen molar-refractivity contribution < 1.29 is 28.6 Å². The second-order valence-corrected chi connectivity index (χ2v) is 9.67. The van der Waals surface area contributed by atoms with Crippen LogP contribution in [-0.4, -0.2) is 61.9 Å². The molecule has 0 spiro atoms. The lowest BCUT2D eigenvalue weighted by Gasteiger charge is -2.39. The lowest BCUT2D eigenvalue weighted by Crippen LogP contribution is -2.46. The van der Waals surface area contributed by atoms with Crippen LogP contribution in [0.5, 0.6) is 0 Å². The number of hydrogen-bond acceptors (Lipinski definition) is 6. The summed E-state index contributed by atoms with van der Waals surface area (Å²) in [5.41, 5.74) is 1.38. The van der Waals surface area contributed by atoms with Crippen molar-refractivity contribution in [2.24, 2.45) is 5.92 Å². The fourth-order valence-corrected chi connectivity index (χ4v) is 3.77. The molecule has 1 aliphatic heterocycles. The van der Waals surface area contributed by atoms with E-state index >= 15 is 0 Å². The second-order valence-electron chi connectivity index (χ2n) is 9.67. The molecule has 32 heavy (non-hydrogen) atoms. The SMILES string of the molecule is COC1(C)C=C2COC(=O)C2=C(NC(=O)N(C)C)C1C/C=C(\C)CCC(=O)OC(C)(C)C. The molecule has 0 aromatic carbocycles. The summed E-state index contributed by atoms with van der Waals surface area (Å²) in [6.45, 7) is 9.56. The van der Waals surface area contributed by atoms with Crippen LogP contribution in [0.25, 0.3) is 0 Å². The Bertz CT molecular complexity index is 862. The first kappa shape index (κ1) is 25.6. The first-order chi connectivity index (χ1) is 14.8. The molecule has 0 aromatic rings. The summed E-state index contributed by atoms with van der Waals surface area (Å²) in [5.74, 6) is -1.01. The quantitative estimate of drug-likeness (QED) is 0.473. The Morgan fingerprint density at radius 2 is 1.97 bits per heavy atom. The van der Waals surface area contributed by atoms with Gasteiger partial charge in [0.15, 0.2) is 0 Å². The van der Waals surface area contributed by atoms with Crippen molar-refractivity contribution in [3.8, 4) is 0 Å². The lowest BCUT2D eigenvalue weighted by molar-refractivity contribution is -0.154. The number of nitrogens with zero attached hydrogens (tertiary/aromatic N) is 1. The number of allylic oxidation sites excluding steroid dienone is 2. The monoisotopic (exact) mass is 448 g/mol. The molecule has 1 N–H and O–H groups in total. The van der Waals surface area contributed by atoms with E-state index in [1.807, 2.05) is 46.8 Å². The topological polar surface area (TPSA) is 94.2 Å². The Balaban J connectivity index is 2.27. The molecule has 2 atom stereocenters. The Kier molecular flexibility index (Phi) is 7.93. The zero-order chi connectivity index (χ0) is 24.3. The van der Waals surface area contributed by atoms with Crippen molar-refractivity contribution in [2.45, 2.75) is 65.1 Å². The van der Waals surface area contributed by atoms with Gasteiger partial charge >= 0.3 is 18.0 Å². The van der Waals surface area contributed by atoms with E-state index in [-0.39, 0.29) is 30.9 Å². The number of urea groups is 1. The van der Waals surface area contributed by atoms with Gasteiger partial charge in [-0.1, -0.05) is 11.6 Å². The molecule has 1 heterocycles. The second kappa shape index (κ2) is 9.90. The Labute approximate surface area is 190 Å². The number of cyclic esters (lactones) is 1. The first-order valence-corrected chi connectivity index (χ1v) is 10.8. The van der Waals surface area contributed by atoms with E-state index in [9.17, 15) is 14.4 Å². The zero-order valence-corrected chi connectivity index (χ0v) is 20.5. The highest BCUT2D eigenvalue weighted by Gasteiger charge is 2.45. The molecule has 1 fully saturated rings. The van der Waals surface area contributed by atoms with Gasteiger partial charge in [0, 0.05) is 44.8 Å². The molecule has 0 saturated carbocycles. The third-order valence-corrected chi connectivity index (χ3v) is 5.59. The fraction of sp³-hybridized carbons (Fsp3) is 0.625. The molecule has 2 rings (SSSR count). The van der Waals surface area contributed by atoms with Gasteiger partial charge in [0.05, 0.1) is 11.2 Å². The summed E-state index contributed by atoms with van der Waals surface area (Å²) in [4.78, 5) is 38.4. The summed E-state index contributed by atoms with van der Waals surface area (Å²) in [6, 6.07) is -0.331. The predicted molar refractivity (Wildman–Crippen MR) is 121 cm³/mol. The largest absolute Gasteiger partial charge is 0.460 e. The van der Waals surface area contributed by atoms with Crippen LogP contribution in [-0.2, 0) is 23.8 Å². The number of hydrogen-bond donors (Lipinski definition) is 1. The minimum Gasteiger partial charge on any atom is -0.460 e. The standard InChI is InChI=1S/C24H36N2O6/c1-15(10-12-18(27)32-23(2,3)4)9-11-17-20(25-22(29)26(6)7)19-16(14-31-21(19)28)13-24(17,5)30-8/h9,13,17H,10-12,14H2,1-8H3,(H,25,29)/b15-9+. The van der Waals surface area contributed by atoms with Crippen molar-refractivity contribution in [1.82, 2.24) is 10.2 Å². The summed E-state index contributed by atoms with van der Waals surface area (Å²) in [6.07, 6.45) is 5.28. The van der Waals surface area contributed by atoms with Crippen molar-refractivity contribution >= 4 is 18.0 Å². The zero-order valence-electron chi connectivity index (χ0n) is 20.5. The van der Waals surface area contributed by atoms with Gasteiger partial charge in [-0.2, -0.15) is 0 Å². The molecule has 2 amide bonds. The average molecular weight is 449 g/mol. The number of carbonyl (C=O) groups is 3. The van der Waals surface area contributed by atoms with Gasteiger partial charge in [-0.15, -0.1) is 0 Å². The third kappa shape index (κ3) is 6.22. The van der Waals surface area contributed by atoms with E-state index in [0.29, 0.717) is 24.1 Å². The lowest BCUT2D eigenvalue weighted by atomic mass is 9.75. The maximum atomic E-state index is 12.5. The van der Waals surface area contributed by atoms with Crippen LogP contribution in [0, 0.1) is 5.92 Å². The number of amides is 2. The van der Waals surface area contributed by atoms with E-state index in [0.717, 1.165) is 11.1 Å². The number of carbonyl (C=O) groups excluding carboxylic acids is 3. The van der Waals surface area contributed by atoms with Crippen LogP contribution in [0.15, 0.2) is 34.6 Å². The molecular weight excluding hydrogens is 412 g/mol. The number of rotatable bonds is 7. The van der Waals surface area contributed by atoms with Gasteiger partial charge in [-0.05, 0) is 53.5 Å². The maximum absolute atomic E-state index is 12.5. The molecule has 0 aromatic heterocycles. The molecule has 0 radical (unpaired) electrons. The first-order valence-electron chi connectivity index (χ1n) is 10.8. The normalized spacial score (nSPS) is 23.4. The number of ether oxygens (including phenoxy) is 3. The highest BCUT2D eigenvalue weighted by atomic mass is 16.6. The number of methoxy groups -OCH3 is 1. The summed E-state index contributed by atoms with van der Waals surface area (Å²) >= 11 is 0. The highest BCUT2D eigenvalue weighted by Crippen LogP contribution is 2.42. The van der Waals surface area contributed by atoms with Gasteiger partial charge < -0.3 is 24.4 Å². The van der Waals surface area contributed by atoms with Crippen molar-refractivity contribution in [2.75, 3.05) is 27.8 Å². The van der Waals surface area contributed by atoms with E-state index in [4.69, 9.17) is 14.2 Å². The molecule has 1 aliphatic carbocycles. The van der Waals surface area contributed by atoms with Crippen LogP contribution < -0.4 is 5.32 Å². The summed E-state index contributed by atoms with van der Waals surface area (Å²) in [7, 11) is 4.88. The van der Waals surface area contributed by atoms with Gasteiger partial charge in [0.25, 0.3) is 0 Å². The smallest absolute Gasteiger partial charge is 0.340 e. The van der Waals surface area contributed by atoms with Crippen LogP contribution in [0.4, 0.5) is 4.79 Å². The van der Waals surface area contributed by atoms with Crippen LogP contribution in [0.3, 0.4) is 0 Å². The van der Waals surface area contributed by atoms with Gasteiger partial charge in [-0.3, -0.25) is 4.79 Å². The third-order valence-electron chi connectivity index (χ3n) is 5.59. The van der Waals surface area contributed by atoms with Gasteiger partial charge in [0.2, 0.25) is 0 Å². The van der Waals surface area contributed by atoms with Crippen molar-refractivity contribution in [3.05, 3.63) is 34.6 Å². The number of fused-ring (bicyclic) bond motifs is 1. The molecule has 2 aliphatic rings. The molecule has 8 nitrogen and oxygen atoms in total. The Morgan fingerprint density at radius 3 is 2.53 bits per heavy atom. The molecular formula is C24H36N2O6. The van der Waals surface area contributed by atoms with E-state index in [1.165, 1.54) is 4.90 Å².